The van der Waals surface area contributed by atoms with Gasteiger partial charge in [0.15, 0.2) is 10.8 Å². The lowest BCUT2D eigenvalue weighted by Crippen LogP contribution is -2.44. The van der Waals surface area contributed by atoms with E-state index in [0.717, 1.165) is 5.56 Å². The number of hydrogen-bond acceptors (Lipinski definition) is 6. The largest absolute Gasteiger partial charge is 0.386 e. The summed E-state index contributed by atoms with van der Waals surface area (Å²) >= 11 is 5.95. The molecule has 1 aliphatic heterocycles. The van der Waals surface area contributed by atoms with E-state index in [2.05, 4.69) is 17.1 Å². The van der Waals surface area contributed by atoms with E-state index in [1.165, 1.54) is 14.2 Å². The molecule has 1 aromatic carbocycles. The number of nitrogens with two attached hydrogens (primary N) is 1. The summed E-state index contributed by atoms with van der Waals surface area (Å²) in [5, 5.41) is 20.5. The number of ether oxygens (including phenoxy) is 2. The highest BCUT2D eigenvalue weighted by Gasteiger charge is 2.99. The minimum atomic E-state index is -1.63. The third-order valence-corrected chi connectivity index (χ3v) is 5.69. The van der Waals surface area contributed by atoms with Crippen LogP contribution >= 0.6 is 11.6 Å². The third kappa shape index (κ3) is 1.27. The second kappa shape index (κ2) is 4.46. The van der Waals surface area contributed by atoms with E-state index in [0.29, 0.717) is 5.02 Å². The topological polar surface area (TPSA) is 104 Å². The number of nitriles is 2. The molecule has 3 rings (SSSR count). The molecule has 0 aromatic heterocycles. The highest BCUT2D eigenvalue weighted by Crippen LogP contribution is 2.85. The highest BCUT2D eigenvalue weighted by atomic mass is 35.5. The van der Waals surface area contributed by atoms with E-state index in [9.17, 15) is 10.5 Å². The Morgan fingerprint density at radius 3 is 2.13 bits per heavy atom. The van der Waals surface area contributed by atoms with E-state index in [4.69, 9.17) is 26.8 Å². The maximum absolute atomic E-state index is 10.0. The Morgan fingerprint density at radius 2 is 1.70 bits per heavy atom. The summed E-state index contributed by atoms with van der Waals surface area (Å²) in [6.45, 7) is 1.80. The SMILES string of the molecule is COC1(OC)N=C(N)[C@@]2(C#N)[C@](C)(c3ccc(Cl)cc3)[C@@]12C#N. The zero-order valence-corrected chi connectivity index (χ0v) is 13.7. The quantitative estimate of drug-likeness (QED) is 0.853. The smallest absolute Gasteiger partial charge is 0.293 e. The van der Waals surface area contributed by atoms with Crippen molar-refractivity contribution in [2.75, 3.05) is 14.2 Å². The molecule has 0 saturated heterocycles. The van der Waals surface area contributed by atoms with Crippen molar-refractivity contribution in [3.63, 3.8) is 0 Å². The van der Waals surface area contributed by atoms with Crippen LogP contribution in [0.15, 0.2) is 29.3 Å². The van der Waals surface area contributed by atoms with Crippen LogP contribution < -0.4 is 5.73 Å². The lowest BCUT2D eigenvalue weighted by Gasteiger charge is -2.32. The van der Waals surface area contributed by atoms with Crippen LogP contribution in [-0.4, -0.2) is 26.0 Å². The molecule has 0 unspecified atom stereocenters. The number of methoxy groups -OCH3 is 2. The molecule has 1 heterocycles. The zero-order chi connectivity index (χ0) is 17.1. The number of aliphatic imine (C=N–C) groups is 1. The van der Waals surface area contributed by atoms with Gasteiger partial charge in [0.25, 0.3) is 5.91 Å². The predicted molar refractivity (Wildman–Crippen MR) is 83.3 cm³/mol. The Labute approximate surface area is 139 Å². The van der Waals surface area contributed by atoms with Gasteiger partial charge in [0.05, 0.1) is 12.1 Å². The van der Waals surface area contributed by atoms with Gasteiger partial charge in [-0.05, 0) is 17.7 Å². The lowest BCUT2D eigenvalue weighted by molar-refractivity contribution is -0.233. The molecule has 6 nitrogen and oxygen atoms in total. The first-order valence-corrected chi connectivity index (χ1v) is 7.30. The number of nitrogens with zero attached hydrogens (tertiary/aromatic N) is 3. The molecule has 0 amide bonds. The van der Waals surface area contributed by atoms with Crippen molar-refractivity contribution in [2.24, 2.45) is 21.6 Å². The van der Waals surface area contributed by atoms with Crippen LogP contribution in [0, 0.1) is 33.5 Å². The molecule has 0 bridgehead atoms. The molecule has 0 spiro atoms. The van der Waals surface area contributed by atoms with Gasteiger partial charge in [-0.2, -0.15) is 10.5 Å². The van der Waals surface area contributed by atoms with Gasteiger partial charge in [0.1, 0.15) is 5.84 Å². The van der Waals surface area contributed by atoms with Crippen molar-refractivity contribution in [1.29, 1.82) is 10.5 Å². The summed E-state index contributed by atoms with van der Waals surface area (Å²) in [7, 11) is 2.76. The Bertz CT molecular complexity index is 790. The molecule has 7 heteroatoms. The van der Waals surface area contributed by atoms with Gasteiger partial charge < -0.3 is 15.2 Å². The van der Waals surface area contributed by atoms with Crippen LogP contribution in [0.3, 0.4) is 0 Å². The zero-order valence-electron chi connectivity index (χ0n) is 12.9. The maximum Gasteiger partial charge on any atom is 0.293 e. The molecule has 118 valence electrons. The molecule has 23 heavy (non-hydrogen) atoms. The fourth-order valence-electron chi connectivity index (χ4n) is 4.26. The van der Waals surface area contributed by atoms with Crippen LogP contribution in [0.2, 0.25) is 5.02 Å². The van der Waals surface area contributed by atoms with E-state index >= 15 is 0 Å². The van der Waals surface area contributed by atoms with Gasteiger partial charge in [-0.1, -0.05) is 30.7 Å². The number of amidine groups is 1. The first kappa shape index (κ1) is 15.8. The molecular formula is C16H15ClN4O2. The number of hydrogen-bond donors (Lipinski definition) is 1. The summed E-state index contributed by atoms with van der Waals surface area (Å²) in [5.74, 6) is -1.58. The minimum absolute atomic E-state index is 0.0442. The standard InChI is InChI=1S/C16H15ClN4O2/c1-13(10-4-6-11(17)7-5-10)14(8-18)12(20)21-16(22-2,23-3)15(13,14)9-19/h4-7H,1-3H3,(H2,20,21)/t13-,14-,15+/m0/s1. The van der Waals surface area contributed by atoms with E-state index in [-0.39, 0.29) is 5.84 Å². The normalized spacial score (nSPS) is 36.5. The van der Waals surface area contributed by atoms with Crippen molar-refractivity contribution in [3.8, 4) is 12.1 Å². The molecule has 1 aromatic rings. The van der Waals surface area contributed by atoms with Crippen molar-refractivity contribution in [3.05, 3.63) is 34.9 Å². The van der Waals surface area contributed by atoms with E-state index in [1.807, 2.05) is 0 Å². The van der Waals surface area contributed by atoms with Gasteiger partial charge in [0.2, 0.25) is 0 Å². The molecule has 2 N–H and O–H groups in total. The predicted octanol–water partition coefficient (Wildman–Crippen LogP) is 1.95. The average molecular weight is 331 g/mol. The highest BCUT2D eigenvalue weighted by molar-refractivity contribution is 6.30. The number of fused-ring (bicyclic) bond motifs is 1. The van der Waals surface area contributed by atoms with Crippen molar-refractivity contribution in [1.82, 2.24) is 0 Å². The van der Waals surface area contributed by atoms with Crippen LogP contribution in [0.25, 0.3) is 0 Å². The molecule has 0 radical (unpaired) electrons. The Balaban J connectivity index is 2.33. The van der Waals surface area contributed by atoms with Gasteiger partial charge in [-0.25, -0.2) is 4.99 Å². The average Bonchev–Trinajstić information content (AvgIpc) is 2.97. The van der Waals surface area contributed by atoms with Crippen LogP contribution in [0.5, 0.6) is 0 Å². The van der Waals surface area contributed by atoms with Gasteiger partial charge in [0, 0.05) is 24.7 Å². The van der Waals surface area contributed by atoms with E-state index < -0.39 is 22.2 Å². The van der Waals surface area contributed by atoms with Crippen molar-refractivity contribution < 1.29 is 9.47 Å². The van der Waals surface area contributed by atoms with Crippen LogP contribution in [0.4, 0.5) is 0 Å². The van der Waals surface area contributed by atoms with Crippen molar-refractivity contribution >= 4 is 17.4 Å². The van der Waals surface area contributed by atoms with Gasteiger partial charge >= 0.3 is 0 Å². The monoisotopic (exact) mass is 330 g/mol. The summed E-state index contributed by atoms with van der Waals surface area (Å²) in [6, 6.07) is 11.4. The third-order valence-electron chi connectivity index (χ3n) is 5.44. The first-order valence-electron chi connectivity index (χ1n) is 6.92. The number of rotatable bonds is 3. The fraction of sp³-hybridized carbons (Fsp3) is 0.438. The Kier molecular flexibility index (Phi) is 3.05. The maximum atomic E-state index is 10.0. The summed E-state index contributed by atoms with van der Waals surface area (Å²) in [5.41, 5.74) is 3.19. The van der Waals surface area contributed by atoms with Crippen molar-refractivity contribution in [2.45, 2.75) is 18.2 Å². The molecule has 1 aliphatic carbocycles. The minimum Gasteiger partial charge on any atom is -0.386 e. The fourth-order valence-corrected chi connectivity index (χ4v) is 4.39. The molecule has 3 atom stereocenters. The Hall–Kier alpha value is -2.12. The second-order valence-corrected chi connectivity index (χ2v) is 6.28. The summed E-state index contributed by atoms with van der Waals surface area (Å²) in [4.78, 5) is 4.19. The number of benzene rings is 1. The van der Waals surface area contributed by atoms with Gasteiger partial charge in [-0.15, -0.1) is 0 Å². The molecule has 2 aliphatic rings. The summed E-state index contributed by atoms with van der Waals surface area (Å²) < 4.78 is 10.9. The lowest BCUT2D eigenvalue weighted by atomic mass is 9.84. The van der Waals surface area contributed by atoms with Crippen LogP contribution in [-0.2, 0) is 14.9 Å². The number of halogens is 1. The molecular weight excluding hydrogens is 316 g/mol. The first-order chi connectivity index (χ1) is 10.9. The van der Waals surface area contributed by atoms with Crippen LogP contribution in [0.1, 0.15) is 12.5 Å². The summed E-state index contributed by atoms with van der Waals surface area (Å²) in [6.07, 6.45) is 0. The molecule has 1 saturated carbocycles. The Morgan fingerprint density at radius 1 is 1.13 bits per heavy atom. The van der Waals surface area contributed by atoms with Gasteiger partial charge in [-0.3, -0.25) is 0 Å². The van der Waals surface area contributed by atoms with E-state index in [1.54, 1.807) is 31.2 Å². The second-order valence-electron chi connectivity index (χ2n) is 5.84. The molecule has 1 fully saturated rings.